The molecule has 0 radical (unpaired) electrons. The predicted molar refractivity (Wildman–Crippen MR) is 87.4 cm³/mol. The summed E-state index contributed by atoms with van der Waals surface area (Å²) in [6.07, 6.45) is 0.753. The molecular formula is C16H18ClFN4O. The van der Waals surface area contributed by atoms with E-state index in [9.17, 15) is 9.18 Å². The van der Waals surface area contributed by atoms with E-state index < -0.39 is 0 Å². The van der Waals surface area contributed by atoms with Crippen LogP contribution in [-0.4, -0.2) is 34.8 Å². The van der Waals surface area contributed by atoms with Crippen molar-refractivity contribution in [3.05, 3.63) is 46.5 Å². The van der Waals surface area contributed by atoms with Crippen molar-refractivity contribution in [2.75, 3.05) is 18.0 Å². The summed E-state index contributed by atoms with van der Waals surface area (Å²) < 4.78 is 15.4. The number of hydrogen-bond donors (Lipinski definition) is 1. The molecule has 1 fully saturated rings. The predicted octanol–water partition coefficient (Wildman–Crippen LogP) is 2.53. The van der Waals surface area contributed by atoms with Crippen LogP contribution in [0.15, 0.2) is 24.3 Å². The van der Waals surface area contributed by atoms with Gasteiger partial charge in [-0.1, -0.05) is 23.7 Å². The molecule has 2 aromatic rings. The van der Waals surface area contributed by atoms with E-state index in [2.05, 4.69) is 10.4 Å². The molecular weight excluding hydrogens is 319 g/mol. The maximum atomic E-state index is 13.8. The molecule has 0 aliphatic carbocycles. The monoisotopic (exact) mass is 336 g/mol. The minimum absolute atomic E-state index is 0.0551. The Labute approximate surface area is 139 Å². The largest absolute Gasteiger partial charge is 0.367 e. The molecule has 1 aliphatic rings. The van der Waals surface area contributed by atoms with E-state index in [-0.39, 0.29) is 23.5 Å². The van der Waals surface area contributed by atoms with Gasteiger partial charge in [0, 0.05) is 26.2 Å². The standard InChI is InChI=1S/C16H18ClFN4O/c1-10-14(17)15(20-21(10)2)16(23)19-11-7-8-22(9-11)13-6-4-3-5-12(13)18/h3-6,11H,7-9H2,1-2H3,(H,19,23)/t11-/m0/s1. The number of carbonyl (C=O) groups is 1. The molecule has 0 unspecified atom stereocenters. The summed E-state index contributed by atoms with van der Waals surface area (Å²) in [6, 6.07) is 6.61. The van der Waals surface area contributed by atoms with Crippen molar-refractivity contribution < 1.29 is 9.18 Å². The fourth-order valence-electron chi connectivity index (χ4n) is 2.79. The molecule has 1 N–H and O–H groups in total. The zero-order valence-electron chi connectivity index (χ0n) is 13.0. The van der Waals surface area contributed by atoms with Gasteiger partial charge in [0.2, 0.25) is 0 Å². The van der Waals surface area contributed by atoms with Gasteiger partial charge < -0.3 is 10.2 Å². The second-order valence-electron chi connectivity index (χ2n) is 5.73. The Morgan fingerprint density at radius 1 is 1.43 bits per heavy atom. The van der Waals surface area contributed by atoms with Crippen molar-refractivity contribution in [3.8, 4) is 0 Å². The van der Waals surface area contributed by atoms with E-state index in [0.29, 0.717) is 23.8 Å². The number of anilines is 1. The van der Waals surface area contributed by atoms with Crippen LogP contribution in [0, 0.1) is 12.7 Å². The topological polar surface area (TPSA) is 50.2 Å². The zero-order chi connectivity index (χ0) is 16.6. The highest BCUT2D eigenvalue weighted by atomic mass is 35.5. The molecule has 1 amide bonds. The van der Waals surface area contributed by atoms with Gasteiger partial charge in [0.1, 0.15) is 5.82 Å². The van der Waals surface area contributed by atoms with Crippen LogP contribution in [0.1, 0.15) is 22.6 Å². The highest BCUT2D eigenvalue weighted by molar-refractivity contribution is 6.34. The molecule has 1 saturated heterocycles. The smallest absolute Gasteiger partial charge is 0.273 e. The Morgan fingerprint density at radius 2 is 2.17 bits per heavy atom. The first-order valence-electron chi connectivity index (χ1n) is 7.47. The van der Waals surface area contributed by atoms with Crippen LogP contribution in [0.3, 0.4) is 0 Å². The second-order valence-corrected chi connectivity index (χ2v) is 6.11. The number of hydrogen-bond acceptors (Lipinski definition) is 3. The van der Waals surface area contributed by atoms with Crippen molar-refractivity contribution in [1.82, 2.24) is 15.1 Å². The third-order valence-corrected chi connectivity index (χ3v) is 4.65. The number of halogens is 2. The van der Waals surface area contributed by atoms with Gasteiger partial charge in [-0.15, -0.1) is 0 Å². The number of rotatable bonds is 3. The number of benzene rings is 1. The summed E-state index contributed by atoms with van der Waals surface area (Å²) in [6.45, 7) is 3.07. The molecule has 2 heterocycles. The van der Waals surface area contributed by atoms with Crippen LogP contribution in [0.25, 0.3) is 0 Å². The third-order valence-electron chi connectivity index (χ3n) is 4.19. The lowest BCUT2D eigenvalue weighted by atomic mass is 10.2. The number of para-hydroxylation sites is 1. The molecule has 122 valence electrons. The van der Waals surface area contributed by atoms with Gasteiger partial charge in [0.05, 0.1) is 16.4 Å². The average Bonchev–Trinajstić information content (AvgIpc) is 3.08. The van der Waals surface area contributed by atoms with E-state index in [4.69, 9.17) is 11.6 Å². The Morgan fingerprint density at radius 3 is 2.83 bits per heavy atom. The van der Waals surface area contributed by atoms with E-state index in [1.54, 1.807) is 29.9 Å². The molecule has 0 saturated carbocycles. The highest BCUT2D eigenvalue weighted by Crippen LogP contribution is 2.24. The number of amides is 1. The van der Waals surface area contributed by atoms with Gasteiger partial charge in [-0.3, -0.25) is 9.48 Å². The first-order valence-corrected chi connectivity index (χ1v) is 7.84. The van der Waals surface area contributed by atoms with Gasteiger partial charge in [0.25, 0.3) is 5.91 Å². The summed E-state index contributed by atoms with van der Waals surface area (Å²) in [5.41, 5.74) is 1.54. The van der Waals surface area contributed by atoms with Crippen molar-refractivity contribution in [2.24, 2.45) is 7.05 Å². The first kappa shape index (κ1) is 15.8. The average molecular weight is 337 g/mol. The lowest BCUT2D eigenvalue weighted by molar-refractivity contribution is 0.0935. The zero-order valence-corrected chi connectivity index (χ0v) is 13.8. The molecule has 3 rings (SSSR count). The normalized spacial score (nSPS) is 17.6. The first-order chi connectivity index (χ1) is 11.0. The van der Waals surface area contributed by atoms with Crippen molar-refractivity contribution in [1.29, 1.82) is 0 Å². The lowest BCUT2D eigenvalue weighted by Gasteiger charge is -2.19. The summed E-state index contributed by atoms with van der Waals surface area (Å²) in [5, 5.41) is 7.44. The second kappa shape index (κ2) is 6.20. The highest BCUT2D eigenvalue weighted by Gasteiger charge is 2.27. The van der Waals surface area contributed by atoms with Crippen LogP contribution in [0.4, 0.5) is 10.1 Å². The van der Waals surface area contributed by atoms with Gasteiger partial charge >= 0.3 is 0 Å². The van der Waals surface area contributed by atoms with Crippen molar-refractivity contribution in [3.63, 3.8) is 0 Å². The summed E-state index contributed by atoms with van der Waals surface area (Å²) >= 11 is 6.14. The number of aromatic nitrogens is 2. The fraction of sp³-hybridized carbons (Fsp3) is 0.375. The minimum atomic E-state index is -0.293. The number of carbonyl (C=O) groups excluding carboxylic acids is 1. The Kier molecular flexibility index (Phi) is 4.26. The van der Waals surface area contributed by atoms with Crippen LogP contribution < -0.4 is 10.2 Å². The summed E-state index contributed by atoms with van der Waals surface area (Å²) in [5.74, 6) is -0.540. The van der Waals surface area contributed by atoms with Crippen molar-refractivity contribution >= 4 is 23.2 Å². The Hall–Kier alpha value is -2.08. The van der Waals surface area contributed by atoms with E-state index >= 15 is 0 Å². The molecule has 23 heavy (non-hydrogen) atoms. The minimum Gasteiger partial charge on any atom is -0.367 e. The molecule has 0 bridgehead atoms. The molecule has 7 heteroatoms. The van der Waals surface area contributed by atoms with Gasteiger partial charge in [-0.25, -0.2) is 4.39 Å². The fourth-order valence-corrected chi connectivity index (χ4v) is 3.03. The molecule has 0 spiro atoms. The van der Waals surface area contributed by atoms with Crippen molar-refractivity contribution in [2.45, 2.75) is 19.4 Å². The maximum Gasteiger partial charge on any atom is 0.273 e. The summed E-state index contributed by atoms with van der Waals surface area (Å²) in [4.78, 5) is 14.3. The molecule has 1 aromatic carbocycles. The van der Waals surface area contributed by atoms with Crippen LogP contribution in [0.2, 0.25) is 5.02 Å². The lowest BCUT2D eigenvalue weighted by Crippen LogP contribution is -2.37. The quantitative estimate of drug-likeness (QED) is 0.937. The van der Waals surface area contributed by atoms with Crippen LogP contribution in [-0.2, 0) is 7.05 Å². The maximum absolute atomic E-state index is 13.8. The molecule has 1 aromatic heterocycles. The van der Waals surface area contributed by atoms with Gasteiger partial charge in [-0.2, -0.15) is 5.10 Å². The summed E-state index contributed by atoms with van der Waals surface area (Å²) in [7, 11) is 1.74. The Balaban J connectivity index is 1.67. The molecule has 1 atom stereocenters. The number of aryl methyl sites for hydroxylation is 1. The third kappa shape index (κ3) is 3.03. The van der Waals surface area contributed by atoms with Gasteiger partial charge in [-0.05, 0) is 25.5 Å². The van der Waals surface area contributed by atoms with Crippen LogP contribution >= 0.6 is 11.6 Å². The number of nitrogens with one attached hydrogen (secondary N) is 1. The molecule has 1 aliphatic heterocycles. The van der Waals surface area contributed by atoms with E-state index in [1.165, 1.54) is 6.07 Å². The Bertz CT molecular complexity index is 746. The molecule has 5 nitrogen and oxygen atoms in total. The van der Waals surface area contributed by atoms with E-state index in [0.717, 1.165) is 12.1 Å². The number of nitrogens with zero attached hydrogens (tertiary/aromatic N) is 3. The SMILES string of the molecule is Cc1c(Cl)c(C(=O)N[C@H]2CCN(c3ccccc3F)C2)nn1C. The van der Waals surface area contributed by atoms with Gasteiger partial charge in [0.15, 0.2) is 5.69 Å². The van der Waals surface area contributed by atoms with Crippen LogP contribution in [0.5, 0.6) is 0 Å². The van der Waals surface area contributed by atoms with E-state index in [1.807, 2.05) is 11.8 Å².